The zero-order chi connectivity index (χ0) is 19.7. The Hall–Kier alpha value is -2.63. The van der Waals surface area contributed by atoms with Gasteiger partial charge >= 0.3 is 0 Å². The lowest BCUT2D eigenvalue weighted by Gasteiger charge is -2.28. The van der Waals surface area contributed by atoms with Crippen LogP contribution in [0.2, 0.25) is 0 Å². The van der Waals surface area contributed by atoms with Crippen LogP contribution in [0.15, 0.2) is 24.3 Å². The minimum Gasteiger partial charge on any atom is -0.349 e. The lowest BCUT2D eigenvalue weighted by atomic mass is 9.85. The van der Waals surface area contributed by atoms with Gasteiger partial charge in [-0.25, -0.2) is 4.98 Å². The molecule has 0 saturated heterocycles. The third-order valence-electron chi connectivity index (χ3n) is 5.99. The molecule has 0 radical (unpaired) electrons. The zero-order valence-corrected chi connectivity index (χ0v) is 16.7. The van der Waals surface area contributed by atoms with Crippen molar-refractivity contribution in [2.75, 3.05) is 6.54 Å². The molecule has 2 aromatic rings. The van der Waals surface area contributed by atoms with E-state index in [2.05, 4.69) is 16.8 Å². The molecule has 1 fully saturated rings. The zero-order valence-electron chi connectivity index (χ0n) is 16.7. The Morgan fingerprint density at radius 3 is 2.61 bits per heavy atom. The molecular formula is C22H28N4O2. The molecule has 1 N–H and O–H groups in total. The number of imidazole rings is 1. The van der Waals surface area contributed by atoms with Crippen molar-refractivity contribution in [3.05, 3.63) is 52.6 Å². The van der Waals surface area contributed by atoms with Crippen LogP contribution in [0.5, 0.6) is 0 Å². The van der Waals surface area contributed by atoms with Gasteiger partial charge in [0, 0.05) is 31.0 Å². The standard InChI is InChI=1S/C22H28N4O2/c1-3-26-19-14-25(22(28)17-9-7-15(2)8-10-17)12-11-18(19)24-20(26)13-23-21(27)16-5-4-6-16/h7-10,16H,3-6,11-14H2,1-2H3,(H,23,27). The summed E-state index contributed by atoms with van der Waals surface area (Å²) < 4.78 is 2.16. The van der Waals surface area contributed by atoms with Gasteiger partial charge in [0.15, 0.2) is 0 Å². The number of carbonyl (C=O) groups is 2. The Balaban J connectivity index is 1.48. The van der Waals surface area contributed by atoms with E-state index < -0.39 is 0 Å². The number of nitrogens with zero attached hydrogens (tertiary/aromatic N) is 3. The van der Waals surface area contributed by atoms with Gasteiger partial charge in [-0.15, -0.1) is 0 Å². The van der Waals surface area contributed by atoms with Gasteiger partial charge in [0.25, 0.3) is 5.91 Å². The topological polar surface area (TPSA) is 67.2 Å². The van der Waals surface area contributed by atoms with Crippen LogP contribution < -0.4 is 5.32 Å². The fraction of sp³-hybridized carbons (Fsp3) is 0.500. The second kappa shape index (κ2) is 7.78. The predicted molar refractivity (Wildman–Crippen MR) is 107 cm³/mol. The van der Waals surface area contributed by atoms with Crippen LogP contribution >= 0.6 is 0 Å². The van der Waals surface area contributed by atoms with Crippen molar-refractivity contribution in [3.8, 4) is 0 Å². The van der Waals surface area contributed by atoms with Crippen molar-refractivity contribution < 1.29 is 9.59 Å². The van der Waals surface area contributed by atoms with Gasteiger partial charge in [0.05, 0.1) is 24.5 Å². The molecule has 1 aromatic carbocycles. The molecule has 1 saturated carbocycles. The average Bonchev–Trinajstić information content (AvgIpc) is 3.01. The second-order valence-corrected chi connectivity index (χ2v) is 7.85. The summed E-state index contributed by atoms with van der Waals surface area (Å²) in [6.45, 7) is 6.59. The maximum absolute atomic E-state index is 12.9. The van der Waals surface area contributed by atoms with Crippen LogP contribution in [0.3, 0.4) is 0 Å². The summed E-state index contributed by atoms with van der Waals surface area (Å²) in [5, 5.41) is 3.05. The van der Waals surface area contributed by atoms with Crippen LogP contribution in [0.25, 0.3) is 0 Å². The molecule has 148 valence electrons. The van der Waals surface area contributed by atoms with Crippen LogP contribution in [0.1, 0.15) is 59.3 Å². The molecule has 2 amide bonds. The number of hydrogen-bond donors (Lipinski definition) is 1. The highest BCUT2D eigenvalue weighted by molar-refractivity contribution is 5.94. The van der Waals surface area contributed by atoms with Crippen molar-refractivity contribution >= 4 is 11.8 Å². The highest BCUT2D eigenvalue weighted by atomic mass is 16.2. The van der Waals surface area contributed by atoms with Crippen molar-refractivity contribution in [2.24, 2.45) is 5.92 Å². The molecule has 2 aliphatic rings. The fourth-order valence-corrected chi connectivity index (χ4v) is 4.01. The number of aryl methyl sites for hydroxylation is 1. The normalized spacial score (nSPS) is 16.4. The first-order valence-electron chi connectivity index (χ1n) is 10.3. The lowest BCUT2D eigenvalue weighted by molar-refractivity contribution is -0.127. The van der Waals surface area contributed by atoms with Crippen LogP contribution in [-0.4, -0.2) is 32.8 Å². The quantitative estimate of drug-likeness (QED) is 0.867. The third-order valence-corrected chi connectivity index (χ3v) is 5.99. The molecule has 0 atom stereocenters. The van der Waals surface area contributed by atoms with E-state index in [4.69, 9.17) is 4.98 Å². The first kappa shape index (κ1) is 18.7. The highest BCUT2D eigenvalue weighted by Crippen LogP contribution is 2.26. The van der Waals surface area contributed by atoms with Crippen LogP contribution in [0, 0.1) is 12.8 Å². The molecule has 1 aliphatic heterocycles. The number of fused-ring (bicyclic) bond motifs is 1. The number of nitrogens with one attached hydrogen (secondary N) is 1. The third kappa shape index (κ3) is 3.55. The van der Waals surface area contributed by atoms with Gasteiger partial charge in [-0.1, -0.05) is 24.1 Å². The average molecular weight is 380 g/mol. The summed E-state index contributed by atoms with van der Waals surface area (Å²) >= 11 is 0. The minimum atomic E-state index is 0.0642. The molecular weight excluding hydrogens is 352 g/mol. The number of benzene rings is 1. The summed E-state index contributed by atoms with van der Waals surface area (Å²) in [6, 6.07) is 7.74. The highest BCUT2D eigenvalue weighted by Gasteiger charge is 2.28. The van der Waals surface area contributed by atoms with Crippen LogP contribution in [0.4, 0.5) is 0 Å². The number of amides is 2. The predicted octanol–water partition coefficient (Wildman–Crippen LogP) is 2.83. The van der Waals surface area contributed by atoms with Gasteiger partial charge in [0.1, 0.15) is 5.82 Å². The maximum Gasteiger partial charge on any atom is 0.254 e. The summed E-state index contributed by atoms with van der Waals surface area (Å²) in [6.07, 6.45) is 3.91. The van der Waals surface area contributed by atoms with Gasteiger partial charge in [-0.2, -0.15) is 0 Å². The fourth-order valence-electron chi connectivity index (χ4n) is 4.01. The van der Waals surface area contributed by atoms with E-state index in [-0.39, 0.29) is 17.7 Å². The second-order valence-electron chi connectivity index (χ2n) is 7.85. The van der Waals surface area contributed by atoms with E-state index in [1.54, 1.807) is 0 Å². The Morgan fingerprint density at radius 1 is 1.21 bits per heavy atom. The van der Waals surface area contributed by atoms with E-state index in [0.717, 1.165) is 60.6 Å². The van der Waals surface area contributed by atoms with E-state index in [1.807, 2.05) is 36.1 Å². The number of carbonyl (C=O) groups excluding carboxylic acids is 2. The van der Waals surface area contributed by atoms with Gasteiger partial charge < -0.3 is 14.8 Å². The van der Waals surface area contributed by atoms with Crippen molar-refractivity contribution in [3.63, 3.8) is 0 Å². The van der Waals surface area contributed by atoms with E-state index >= 15 is 0 Å². The Morgan fingerprint density at radius 2 is 1.96 bits per heavy atom. The van der Waals surface area contributed by atoms with Crippen molar-refractivity contribution in [1.82, 2.24) is 19.8 Å². The number of aromatic nitrogens is 2. The summed E-state index contributed by atoms with van der Waals surface area (Å²) in [7, 11) is 0. The Bertz CT molecular complexity index is 881. The first-order chi connectivity index (χ1) is 13.6. The minimum absolute atomic E-state index is 0.0642. The summed E-state index contributed by atoms with van der Waals surface area (Å²) in [4.78, 5) is 31.7. The molecule has 0 spiro atoms. The molecule has 6 heteroatoms. The first-order valence-corrected chi connectivity index (χ1v) is 10.3. The maximum atomic E-state index is 12.9. The lowest BCUT2D eigenvalue weighted by Crippen LogP contribution is -2.37. The number of rotatable bonds is 5. The summed E-state index contributed by atoms with van der Waals surface area (Å²) in [5.41, 5.74) is 4.03. The molecule has 28 heavy (non-hydrogen) atoms. The molecule has 1 aromatic heterocycles. The van der Waals surface area contributed by atoms with Gasteiger partial charge in [-0.3, -0.25) is 9.59 Å². The molecule has 4 rings (SSSR count). The van der Waals surface area contributed by atoms with Crippen molar-refractivity contribution in [1.29, 1.82) is 0 Å². The van der Waals surface area contributed by atoms with Gasteiger partial charge in [-0.05, 0) is 38.8 Å². The molecule has 2 heterocycles. The van der Waals surface area contributed by atoms with E-state index in [0.29, 0.717) is 19.6 Å². The molecule has 6 nitrogen and oxygen atoms in total. The number of hydrogen-bond acceptors (Lipinski definition) is 3. The van der Waals surface area contributed by atoms with Gasteiger partial charge in [0.2, 0.25) is 5.91 Å². The Kier molecular flexibility index (Phi) is 5.20. The monoisotopic (exact) mass is 380 g/mol. The summed E-state index contributed by atoms with van der Waals surface area (Å²) in [5.74, 6) is 1.28. The molecule has 0 unspecified atom stereocenters. The molecule has 0 bridgehead atoms. The van der Waals surface area contributed by atoms with Crippen molar-refractivity contribution in [2.45, 2.75) is 59.2 Å². The van der Waals surface area contributed by atoms with Crippen LogP contribution in [-0.2, 0) is 30.8 Å². The SMILES string of the molecule is CCn1c(CNC(=O)C2CCC2)nc2c1CN(C(=O)c1ccc(C)cc1)CC2. The van der Waals surface area contributed by atoms with E-state index in [1.165, 1.54) is 0 Å². The largest absolute Gasteiger partial charge is 0.349 e. The van der Waals surface area contributed by atoms with E-state index in [9.17, 15) is 9.59 Å². The molecule has 1 aliphatic carbocycles. The Labute approximate surface area is 165 Å². The smallest absolute Gasteiger partial charge is 0.254 e.